The molecule has 126 valence electrons. The van der Waals surface area contributed by atoms with Gasteiger partial charge in [0.25, 0.3) is 0 Å². The van der Waals surface area contributed by atoms with Gasteiger partial charge in [-0.15, -0.1) is 0 Å². The minimum Gasteiger partial charge on any atom is -0.468 e. The molecule has 0 saturated heterocycles. The Morgan fingerprint density at radius 2 is 1.46 bits per heavy atom. The number of esters is 1. The standard InChI is InChI=1S/C18H19NO4S/c1-23-17(21)13-24(22)12-16(20)19-18(14-8-4-2-5-9-14)15-10-6-3-7-11-15/h2-11,18H,12-13H2,1H3,(H,19,20)/t24-/m1/s1. The van der Waals surface area contributed by atoms with E-state index in [1.807, 2.05) is 60.7 Å². The lowest BCUT2D eigenvalue weighted by molar-refractivity contribution is -0.137. The monoisotopic (exact) mass is 345 g/mol. The zero-order chi connectivity index (χ0) is 17.4. The fourth-order valence-corrected chi connectivity index (χ4v) is 3.10. The van der Waals surface area contributed by atoms with Crippen LogP contribution in [0.4, 0.5) is 0 Å². The third kappa shape index (κ3) is 5.31. The Hall–Kier alpha value is -2.47. The first-order valence-corrected chi connectivity index (χ1v) is 8.90. The molecule has 0 aliphatic heterocycles. The summed E-state index contributed by atoms with van der Waals surface area (Å²) in [5.41, 5.74) is 1.85. The number of rotatable bonds is 7. The van der Waals surface area contributed by atoms with Crippen molar-refractivity contribution in [2.24, 2.45) is 0 Å². The maximum absolute atomic E-state index is 12.2. The van der Waals surface area contributed by atoms with E-state index in [9.17, 15) is 13.8 Å². The molecule has 6 heteroatoms. The second-order valence-corrected chi connectivity index (χ2v) is 6.58. The molecular formula is C18H19NO4S. The minimum absolute atomic E-state index is 0.245. The number of nitrogens with one attached hydrogen (secondary N) is 1. The van der Waals surface area contributed by atoms with Crippen LogP contribution >= 0.6 is 0 Å². The van der Waals surface area contributed by atoms with Crippen molar-refractivity contribution in [3.8, 4) is 0 Å². The van der Waals surface area contributed by atoms with Crippen LogP contribution in [0.5, 0.6) is 0 Å². The van der Waals surface area contributed by atoms with Crippen LogP contribution in [-0.4, -0.2) is 34.7 Å². The van der Waals surface area contributed by atoms with Gasteiger partial charge in [0.1, 0.15) is 11.5 Å². The molecule has 0 radical (unpaired) electrons. The van der Waals surface area contributed by atoms with Crippen LogP contribution in [0.15, 0.2) is 60.7 Å². The number of carbonyl (C=O) groups excluding carboxylic acids is 2. The zero-order valence-corrected chi connectivity index (χ0v) is 14.1. The summed E-state index contributed by atoms with van der Waals surface area (Å²) in [7, 11) is -0.373. The molecule has 2 aromatic rings. The van der Waals surface area contributed by atoms with Gasteiger partial charge in [-0.25, -0.2) is 0 Å². The van der Waals surface area contributed by atoms with Crippen LogP contribution in [-0.2, 0) is 25.1 Å². The van der Waals surface area contributed by atoms with Gasteiger partial charge in [-0.2, -0.15) is 0 Å². The highest BCUT2D eigenvalue weighted by molar-refractivity contribution is 7.86. The molecule has 24 heavy (non-hydrogen) atoms. The van der Waals surface area contributed by atoms with Crippen molar-refractivity contribution in [1.29, 1.82) is 0 Å². The van der Waals surface area contributed by atoms with Crippen LogP contribution in [0, 0.1) is 0 Å². The molecule has 0 bridgehead atoms. The number of amides is 1. The van der Waals surface area contributed by atoms with Gasteiger partial charge in [0, 0.05) is 10.8 Å². The van der Waals surface area contributed by atoms with Gasteiger partial charge in [-0.05, 0) is 11.1 Å². The molecule has 2 aromatic carbocycles. The van der Waals surface area contributed by atoms with Crippen LogP contribution in [0.2, 0.25) is 0 Å². The first-order valence-electron chi connectivity index (χ1n) is 7.41. The Labute approximate surface area is 143 Å². The molecule has 5 nitrogen and oxygen atoms in total. The summed E-state index contributed by atoms with van der Waals surface area (Å²) < 4.78 is 16.3. The molecule has 2 rings (SSSR count). The molecule has 0 aliphatic rings. The van der Waals surface area contributed by atoms with Crippen molar-refractivity contribution in [1.82, 2.24) is 5.32 Å². The van der Waals surface area contributed by atoms with E-state index >= 15 is 0 Å². The van der Waals surface area contributed by atoms with Crippen molar-refractivity contribution in [2.45, 2.75) is 6.04 Å². The summed E-state index contributed by atoms with van der Waals surface area (Å²) >= 11 is 0. The normalized spacial score (nSPS) is 11.8. The lowest BCUT2D eigenvalue weighted by Gasteiger charge is -2.19. The number of carbonyl (C=O) groups is 2. The summed E-state index contributed by atoms with van der Waals surface area (Å²) in [5.74, 6) is -1.50. The first-order chi connectivity index (χ1) is 11.6. The Morgan fingerprint density at radius 1 is 0.958 bits per heavy atom. The predicted octanol–water partition coefficient (Wildman–Crippen LogP) is 1.81. The highest BCUT2D eigenvalue weighted by Gasteiger charge is 2.19. The fraction of sp³-hybridized carbons (Fsp3) is 0.222. The summed E-state index contributed by atoms with van der Waals surface area (Å²) in [4.78, 5) is 23.3. The topological polar surface area (TPSA) is 72.5 Å². The van der Waals surface area contributed by atoms with Crippen molar-refractivity contribution in [2.75, 3.05) is 18.6 Å². The summed E-state index contributed by atoms with van der Waals surface area (Å²) in [5, 5.41) is 2.89. The summed E-state index contributed by atoms with van der Waals surface area (Å²) in [6, 6.07) is 18.7. The quantitative estimate of drug-likeness (QED) is 0.777. The number of hydrogen-bond acceptors (Lipinski definition) is 4. The van der Waals surface area contributed by atoms with Gasteiger partial charge >= 0.3 is 5.97 Å². The van der Waals surface area contributed by atoms with E-state index in [-0.39, 0.29) is 23.5 Å². The lowest BCUT2D eigenvalue weighted by atomic mass is 9.99. The van der Waals surface area contributed by atoms with E-state index in [4.69, 9.17) is 0 Å². The molecule has 1 N–H and O–H groups in total. The Morgan fingerprint density at radius 3 is 1.92 bits per heavy atom. The van der Waals surface area contributed by atoms with Gasteiger partial charge in [-0.3, -0.25) is 13.8 Å². The Kier molecular flexibility index (Phi) is 6.69. The molecular weight excluding hydrogens is 326 g/mol. The van der Waals surface area contributed by atoms with Crippen molar-refractivity contribution in [3.63, 3.8) is 0 Å². The average molecular weight is 345 g/mol. The number of benzene rings is 2. The van der Waals surface area contributed by atoms with E-state index < -0.39 is 16.8 Å². The molecule has 0 fully saturated rings. The molecule has 0 saturated carbocycles. The highest BCUT2D eigenvalue weighted by atomic mass is 32.2. The van der Waals surface area contributed by atoms with Gasteiger partial charge in [0.15, 0.2) is 0 Å². The van der Waals surface area contributed by atoms with Gasteiger partial charge < -0.3 is 10.1 Å². The van der Waals surface area contributed by atoms with Crippen LogP contribution in [0.1, 0.15) is 17.2 Å². The molecule has 1 atom stereocenters. The maximum atomic E-state index is 12.2. The van der Waals surface area contributed by atoms with Gasteiger partial charge in [0.05, 0.1) is 13.2 Å². The van der Waals surface area contributed by atoms with Crippen molar-refractivity contribution < 1.29 is 18.5 Å². The summed E-state index contributed by atoms with van der Waals surface area (Å²) in [6.45, 7) is 0. The minimum atomic E-state index is -1.60. The molecule has 0 heterocycles. The van der Waals surface area contributed by atoms with Crippen molar-refractivity contribution >= 4 is 22.7 Å². The van der Waals surface area contributed by atoms with E-state index in [2.05, 4.69) is 10.1 Å². The van der Waals surface area contributed by atoms with Gasteiger partial charge in [0.2, 0.25) is 5.91 Å². The molecule has 1 amide bonds. The first kappa shape index (κ1) is 17.9. The van der Waals surface area contributed by atoms with Crippen LogP contribution in [0.3, 0.4) is 0 Å². The number of ether oxygens (including phenoxy) is 1. The fourth-order valence-electron chi connectivity index (χ4n) is 2.24. The highest BCUT2D eigenvalue weighted by Crippen LogP contribution is 2.21. The van der Waals surface area contributed by atoms with E-state index in [1.54, 1.807) is 0 Å². The maximum Gasteiger partial charge on any atom is 0.318 e. The molecule has 0 spiro atoms. The van der Waals surface area contributed by atoms with E-state index in [1.165, 1.54) is 7.11 Å². The Balaban J connectivity index is 2.10. The second-order valence-electron chi connectivity index (χ2n) is 5.13. The van der Waals surface area contributed by atoms with E-state index in [0.29, 0.717) is 0 Å². The second kappa shape index (κ2) is 8.98. The van der Waals surface area contributed by atoms with E-state index in [0.717, 1.165) is 11.1 Å². The predicted molar refractivity (Wildman–Crippen MR) is 92.8 cm³/mol. The average Bonchev–Trinajstić information content (AvgIpc) is 2.61. The number of methoxy groups -OCH3 is 1. The van der Waals surface area contributed by atoms with Crippen LogP contribution < -0.4 is 5.32 Å². The lowest BCUT2D eigenvalue weighted by Crippen LogP contribution is -2.34. The van der Waals surface area contributed by atoms with Crippen LogP contribution in [0.25, 0.3) is 0 Å². The molecule has 0 unspecified atom stereocenters. The third-order valence-corrected chi connectivity index (χ3v) is 4.51. The molecule has 0 aromatic heterocycles. The molecule has 0 aliphatic carbocycles. The zero-order valence-electron chi connectivity index (χ0n) is 13.3. The Bertz CT molecular complexity index is 664. The third-order valence-electron chi connectivity index (χ3n) is 3.37. The smallest absolute Gasteiger partial charge is 0.318 e. The SMILES string of the molecule is COC(=O)C[S@](=O)CC(=O)NC(c1ccccc1)c1ccccc1. The summed E-state index contributed by atoms with van der Waals surface area (Å²) in [6.07, 6.45) is 0. The van der Waals surface area contributed by atoms with Crippen molar-refractivity contribution in [3.05, 3.63) is 71.8 Å². The number of hydrogen-bond donors (Lipinski definition) is 1. The largest absolute Gasteiger partial charge is 0.468 e. The van der Waals surface area contributed by atoms with Gasteiger partial charge in [-0.1, -0.05) is 60.7 Å².